The van der Waals surface area contributed by atoms with E-state index in [4.69, 9.17) is 14.6 Å². The normalized spacial score (nSPS) is 15.9. The molecule has 2 aliphatic rings. The van der Waals surface area contributed by atoms with Crippen LogP contribution in [0.1, 0.15) is 29.6 Å². The first-order valence-electron chi connectivity index (χ1n) is 8.78. The highest BCUT2D eigenvalue weighted by atomic mass is 16.6. The van der Waals surface area contributed by atoms with E-state index in [0.717, 1.165) is 36.1 Å². The molecule has 136 valence electrons. The number of carboxylic acid groups (broad SMARTS) is 1. The average Bonchev–Trinajstić information content (AvgIpc) is 3.19. The van der Waals surface area contributed by atoms with Crippen molar-refractivity contribution >= 4 is 11.9 Å². The molecule has 2 aromatic rings. The molecule has 0 radical (unpaired) electrons. The van der Waals surface area contributed by atoms with Crippen molar-refractivity contribution < 1.29 is 19.4 Å². The van der Waals surface area contributed by atoms with Crippen LogP contribution in [0.5, 0.6) is 0 Å². The van der Waals surface area contributed by atoms with Crippen molar-refractivity contribution in [2.45, 2.75) is 19.3 Å². The fraction of sp³-hybridized carbons (Fsp3) is 0.136. The number of carbonyl (C=O) groups is 1. The molecule has 0 bridgehead atoms. The molecule has 0 saturated carbocycles. The Balaban J connectivity index is 1.46. The average molecular weight is 361 g/mol. The second-order valence-corrected chi connectivity index (χ2v) is 6.44. The van der Waals surface area contributed by atoms with Gasteiger partial charge >= 0.3 is 5.97 Å². The first-order valence-corrected chi connectivity index (χ1v) is 8.78. The van der Waals surface area contributed by atoms with E-state index in [9.17, 15) is 4.79 Å². The standard InChI is InChI=1S/C22H19NO4/c24-22(25)18-8-6-17(7-9-18)19-10-11-23(13-19)21-15-26-14-20(27-21)12-16-4-2-1-3-5-16/h1-2,4,6-11,13-15H,3,5,12H2,(H,24,25). The van der Waals surface area contributed by atoms with Crippen LogP contribution in [-0.2, 0) is 9.47 Å². The number of nitrogens with zero attached hydrogens (tertiary/aromatic N) is 1. The maximum Gasteiger partial charge on any atom is 0.335 e. The van der Waals surface area contributed by atoms with Crippen LogP contribution >= 0.6 is 0 Å². The number of hydrogen-bond acceptors (Lipinski definition) is 3. The van der Waals surface area contributed by atoms with Crippen LogP contribution in [0.4, 0.5) is 0 Å². The second-order valence-electron chi connectivity index (χ2n) is 6.44. The molecule has 1 aliphatic carbocycles. The Labute approximate surface area is 157 Å². The largest absolute Gasteiger partial charge is 0.478 e. The van der Waals surface area contributed by atoms with E-state index in [0.29, 0.717) is 5.88 Å². The van der Waals surface area contributed by atoms with Crippen LogP contribution < -0.4 is 0 Å². The summed E-state index contributed by atoms with van der Waals surface area (Å²) in [5, 5.41) is 9.01. The smallest absolute Gasteiger partial charge is 0.335 e. The van der Waals surface area contributed by atoms with Crippen molar-refractivity contribution in [2.75, 3.05) is 0 Å². The van der Waals surface area contributed by atoms with Crippen molar-refractivity contribution in [2.24, 2.45) is 0 Å². The third kappa shape index (κ3) is 3.87. The summed E-state index contributed by atoms with van der Waals surface area (Å²) in [6.07, 6.45) is 16.2. The summed E-state index contributed by atoms with van der Waals surface area (Å²) in [4.78, 5) is 11.0. The van der Waals surface area contributed by atoms with Gasteiger partial charge in [-0.1, -0.05) is 35.9 Å². The summed E-state index contributed by atoms with van der Waals surface area (Å²) in [5.74, 6) is 0.433. The van der Waals surface area contributed by atoms with Crippen LogP contribution in [0.25, 0.3) is 17.0 Å². The molecule has 0 atom stereocenters. The van der Waals surface area contributed by atoms with Crippen LogP contribution in [0.15, 0.2) is 84.8 Å². The Bertz CT molecular complexity index is 974. The van der Waals surface area contributed by atoms with Gasteiger partial charge in [0.25, 0.3) is 0 Å². The van der Waals surface area contributed by atoms with Gasteiger partial charge in [0.2, 0.25) is 5.88 Å². The molecule has 0 amide bonds. The summed E-state index contributed by atoms with van der Waals surface area (Å²) in [6.45, 7) is 0. The van der Waals surface area contributed by atoms with Gasteiger partial charge < -0.3 is 14.6 Å². The number of ether oxygens (including phenoxy) is 2. The van der Waals surface area contributed by atoms with Crippen molar-refractivity contribution in [3.63, 3.8) is 0 Å². The molecule has 0 spiro atoms. The molecular formula is C22H19NO4. The van der Waals surface area contributed by atoms with Gasteiger partial charge in [0.15, 0.2) is 6.26 Å². The van der Waals surface area contributed by atoms with Crippen LogP contribution in [-0.4, -0.2) is 15.6 Å². The molecule has 0 unspecified atom stereocenters. The minimum atomic E-state index is -0.931. The lowest BCUT2D eigenvalue weighted by Gasteiger charge is -2.18. The van der Waals surface area contributed by atoms with Crippen molar-refractivity contribution in [1.82, 2.24) is 4.57 Å². The molecular weight excluding hydrogens is 342 g/mol. The van der Waals surface area contributed by atoms with Gasteiger partial charge in [-0.25, -0.2) is 4.79 Å². The summed E-state index contributed by atoms with van der Waals surface area (Å²) < 4.78 is 13.3. The molecule has 1 aromatic heterocycles. The summed E-state index contributed by atoms with van der Waals surface area (Å²) in [7, 11) is 0. The topological polar surface area (TPSA) is 60.7 Å². The summed E-state index contributed by atoms with van der Waals surface area (Å²) in [5.41, 5.74) is 3.49. The highest BCUT2D eigenvalue weighted by molar-refractivity contribution is 5.88. The summed E-state index contributed by atoms with van der Waals surface area (Å²) >= 11 is 0. The SMILES string of the molecule is O=C(O)c1ccc(-c2ccn(C3=COC=C(CC4=CC=CCC4)O3)c2)cc1. The number of aromatic nitrogens is 1. The van der Waals surface area contributed by atoms with Gasteiger partial charge in [-0.2, -0.15) is 0 Å². The van der Waals surface area contributed by atoms with E-state index in [-0.39, 0.29) is 5.56 Å². The number of rotatable bonds is 5. The van der Waals surface area contributed by atoms with E-state index >= 15 is 0 Å². The maximum atomic E-state index is 11.0. The van der Waals surface area contributed by atoms with Crippen LogP contribution in [0, 0.1) is 0 Å². The highest BCUT2D eigenvalue weighted by Gasteiger charge is 2.15. The molecule has 2 heterocycles. The van der Waals surface area contributed by atoms with Gasteiger partial charge in [0.1, 0.15) is 12.0 Å². The zero-order chi connectivity index (χ0) is 18.6. The molecule has 1 aromatic carbocycles. The van der Waals surface area contributed by atoms with E-state index < -0.39 is 5.97 Å². The molecule has 0 fully saturated rings. The molecule has 5 heteroatoms. The Kier molecular flexibility index (Phi) is 4.66. The van der Waals surface area contributed by atoms with E-state index in [1.54, 1.807) is 36.8 Å². The zero-order valence-corrected chi connectivity index (χ0v) is 14.7. The van der Waals surface area contributed by atoms with Gasteiger partial charge in [-0.05, 0) is 42.2 Å². The van der Waals surface area contributed by atoms with Crippen LogP contribution in [0.3, 0.4) is 0 Å². The Morgan fingerprint density at radius 1 is 1.11 bits per heavy atom. The Hall–Kier alpha value is -3.47. The third-order valence-electron chi connectivity index (χ3n) is 4.52. The number of aromatic carboxylic acids is 1. The predicted octanol–water partition coefficient (Wildman–Crippen LogP) is 5.16. The van der Waals surface area contributed by atoms with Gasteiger partial charge in [0, 0.05) is 18.8 Å². The number of hydrogen-bond donors (Lipinski definition) is 1. The van der Waals surface area contributed by atoms with E-state index in [1.807, 2.05) is 23.0 Å². The minimum Gasteiger partial charge on any atom is -0.478 e. The molecule has 0 saturated heterocycles. The minimum absolute atomic E-state index is 0.270. The highest BCUT2D eigenvalue weighted by Crippen LogP contribution is 2.28. The fourth-order valence-corrected chi connectivity index (χ4v) is 3.07. The van der Waals surface area contributed by atoms with Gasteiger partial charge in [-0.15, -0.1) is 0 Å². The Morgan fingerprint density at radius 2 is 1.96 bits per heavy atom. The van der Waals surface area contributed by atoms with E-state index in [2.05, 4.69) is 18.2 Å². The lowest BCUT2D eigenvalue weighted by molar-refractivity contribution is 0.0697. The van der Waals surface area contributed by atoms with E-state index in [1.165, 1.54) is 5.57 Å². The van der Waals surface area contributed by atoms with Crippen molar-refractivity contribution in [1.29, 1.82) is 0 Å². The monoisotopic (exact) mass is 361 g/mol. The number of allylic oxidation sites excluding steroid dienone is 4. The predicted molar refractivity (Wildman–Crippen MR) is 102 cm³/mol. The lowest BCUT2D eigenvalue weighted by atomic mass is 10.0. The van der Waals surface area contributed by atoms with Gasteiger partial charge in [0.05, 0.1) is 5.56 Å². The van der Waals surface area contributed by atoms with Crippen molar-refractivity contribution in [3.05, 3.63) is 90.4 Å². The molecule has 1 N–H and O–H groups in total. The first kappa shape index (κ1) is 17.0. The number of carboxylic acids is 1. The summed E-state index contributed by atoms with van der Waals surface area (Å²) in [6, 6.07) is 8.74. The first-order chi connectivity index (χ1) is 13.2. The zero-order valence-electron chi connectivity index (χ0n) is 14.7. The molecule has 5 nitrogen and oxygen atoms in total. The Morgan fingerprint density at radius 3 is 2.70 bits per heavy atom. The van der Waals surface area contributed by atoms with Crippen LogP contribution in [0.2, 0.25) is 0 Å². The maximum absolute atomic E-state index is 11.0. The molecule has 1 aliphatic heterocycles. The second kappa shape index (κ2) is 7.41. The molecule has 4 rings (SSSR count). The molecule has 27 heavy (non-hydrogen) atoms. The quantitative estimate of drug-likeness (QED) is 0.799. The third-order valence-corrected chi connectivity index (χ3v) is 4.52. The number of benzene rings is 1. The van der Waals surface area contributed by atoms with Gasteiger partial charge in [-0.3, -0.25) is 4.57 Å². The van der Waals surface area contributed by atoms with Crippen molar-refractivity contribution in [3.8, 4) is 11.1 Å². The lowest BCUT2D eigenvalue weighted by Crippen LogP contribution is -2.05. The fourth-order valence-electron chi connectivity index (χ4n) is 3.07.